The van der Waals surface area contributed by atoms with Gasteiger partial charge in [0, 0.05) is 30.9 Å². The van der Waals surface area contributed by atoms with E-state index >= 15 is 0 Å². The number of amides is 1. The average Bonchev–Trinajstić information content (AvgIpc) is 3.13. The predicted molar refractivity (Wildman–Crippen MR) is 126 cm³/mol. The normalized spacial score (nSPS) is 11.2. The molecule has 31 heavy (non-hydrogen) atoms. The van der Waals surface area contributed by atoms with Crippen LogP contribution in [0.1, 0.15) is 58.7 Å². The number of nitrogens with zero attached hydrogens (tertiary/aromatic N) is 3. The lowest BCUT2D eigenvalue weighted by Crippen LogP contribution is -2.16. The van der Waals surface area contributed by atoms with E-state index in [1.54, 1.807) is 0 Å². The van der Waals surface area contributed by atoms with Crippen molar-refractivity contribution in [3.8, 4) is 0 Å². The third kappa shape index (κ3) is 5.76. The highest BCUT2D eigenvalue weighted by molar-refractivity contribution is 8.13. The van der Waals surface area contributed by atoms with Gasteiger partial charge in [-0.25, -0.2) is 9.97 Å². The largest absolute Gasteiger partial charge is 0.412 e. The molecule has 0 bridgehead atoms. The lowest BCUT2D eigenvalue weighted by Gasteiger charge is -2.12. The monoisotopic (exact) mass is 442 g/mol. The van der Waals surface area contributed by atoms with Gasteiger partial charge in [-0.2, -0.15) is 4.73 Å². The Balaban J connectivity index is 1.92. The number of aromatic nitrogens is 3. The van der Waals surface area contributed by atoms with Crippen LogP contribution in [0.25, 0.3) is 21.9 Å². The van der Waals surface area contributed by atoms with E-state index in [0.717, 1.165) is 60.1 Å². The summed E-state index contributed by atoms with van der Waals surface area (Å²) in [5.41, 5.74) is 2.25. The highest BCUT2D eigenvalue weighted by Gasteiger charge is 2.20. The van der Waals surface area contributed by atoms with Crippen molar-refractivity contribution in [2.75, 3.05) is 17.7 Å². The zero-order valence-electron chi connectivity index (χ0n) is 18.4. The van der Waals surface area contributed by atoms with Crippen molar-refractivity contribution in [1.82, 2.24) is 14.7 Å². The second-order valence-electron chi connectivity index (χ2n) is 7.40. The van der Waals surface area contributed by atoms with Crippen molar-refractivity contribution in [1.29, 1.82) is 0 Å². The molecule has 2 heterocycles. The van der Waals surface area contributed by atoms with Crippen LogP contribution >= 0.6 is 11.8 Å². The van der Waals surface area contributed by atoms with E-state index in [4.69, 9.17) is 9.82 Å². The Kier molecular flexibility index (Phi) is 8.28. The van der Waals surface area contributed by atoms with Gasteiger partial charge in [0.05, 0.1) is 5.52 Å². The first-order chi connectivity index (χ1) is 15.0. The van der Waals surface area contributed by atoms with E-state index in [0.29, 0.717) is 24.4 Å². The molecule has 0 unspecified atom stereocenters. The fourth-order valence-electron chi connectivity index (χ4n) is 3.33. The number of hydrogen-bond acceptors (Lipinski definition) is 6. The number of fused-ring (bicyclic) bond motifs is 3. The van der Waals surface area contributed by atoms with Gasteiger partial charge in [-0.3, -0.25) is 9.59 Å². The number of pyridine rings is 1. The quantitative estimate of drug-likeness (QED) is 0.431. The number of rotatable bonds is 11. The molecule has 1 amide bonds. The Hall–Kier alpha value is -2.61. The standard InChI is InChI=1S/C23H30N4O3S/c1-4-6-13-19-26-21-22(27(19)30-14-9-10-15-31-20(29)5-2)17-11-7-8-12-18(17)25-23(21)24-16(3)28/h7-8,11-12H,4-6,9-10,13-15H2,1-3H3,(H,24,25,28). The smallest absolute Gasteiger partial charge is 0.222 e. The summed E-state index contributed by atoms with van der Waals surface area (Å²) in [5, 5.41) is 3.99. The molecule has 0 aliphatic rings. The molecule has 0 atom stereocenters. The Morgan fingerprint density at radius 3 is 2.68 bits per heavy atom. The number of anilines is 1. The van der Waals surface area contributed by atoms with Gasteiger partial charge in [-0.1, -0.05) is 50.2 Å². The summed E-state index contributed by atoms with van der Waals surface area (Å²) >= 11 is 1.39. The van der Waals surface area contributed by atoms with E-state index in [1.807, 2.05) is 35.9 Å². The maximum Gasteiger partial charge on any atom is 0.222 e. The maximum atomic E-state index is 11.8. The molecule has 3 rings (SSSR count). The number of unbranched alkanes of at least 4 members (excludes halogenated alkanes) is 2. The number of thioether (sulfide) groups is 1. The van der Waals surface area contributed by atoms with Gasteiger partial charge in [0.25, 0.3) is 0 Å². The van der Waals surface area contributed by atoms with Crippen LogP contribution in [0.5, 0.6) is 0 Å². The number of carbonyl (C=O) groups excluding carboxylic acids is 2. The first-order valence-electron chi connectivity index (χ1n) is 10.9. The first kappa shape index (κ1) is 23.1. The molecule has 0 saturated heterocycles. The molecule has 8 heteroatoms. The molecule has 7 nitrogen and oxygen atoms in total. The molecule has 0 aliphatic carbocycles. The minimum absolute atomic E-state index is 0.186. The number of nitrogens with one attached hydrogen (secondary N) is 1. The summed E-state index contributed by atoms with van der Waals surface area (Å²) in [7, 11) is 0. The molecular weight excluding hydrogens is 412 g/mol. The SMILES string of the molecule is CCCCc1nc2c(NC(C)=O)nc3ccccc3c2n1OCCCCSC(=O)CC. The zero-order valence-corrected chi connectivity index (χ0v) is 19.3. The van der Waals surface area contributed by atoms with E-state index in [1.165, 1.54) is 18.7 Å². The third-order valence-electron chi connectivity index (χ3n) is 4.88. The fourth-order valence-corrected chi connectivity index (χ4v) is 4.11. The lowest BCUT2D eigenvalue weighted by atomic mass is 10.2. The summed E-state index contributed by atoms with van der Waals surface area (Å²) in [6.07, 6.45) is 5.14. The van der Waals surface area contributed by atoms with Crippen molar-refractivity contribution < 1.29 is 14.4 Å². The summed E-state index contributed by atoms with van der Waals surface area (Å²) in [6, 6.07) is 7.81. The van der Waals surface area contributed by atoms with Crippen molar-refractivity contribution in [2.45, 2.75) is 59.3 Å². The van der Waals surface area contributed by atoms with Crippen LogP contribution in [0.2, 0.25) is 0 Å². The van der Waals surface area contributed by atoms with Gasteiger partial charge in [0.15, 0.2) is 10.9 Å². The van der Waals surface area contributed by atoms with Crippen LogP contribution in [0.4, 0.5) is 5.82 Å². The Bertz CT molecular complexity index is 1060. The second kappa shape index (κ2) is 11.1. The van der Waals surface area contributed by atoms with Crippen LogP contribution < -0.4 is 10.2 Å². The lowest BCUT2D eigenvalue weighted by molar-refractivity contribution is -0.114. The number of imidazole rings is 1. The number of hydrogen-bond donors (Lipinski definition) is 1. The van der Waals surface area contributed by atoms with Gasteiger partial charge in [-0.15, -0.1) is 0 Å². The van der Waals surface area contributed by atoms with Gasteiger partial charge >= 0.3 is 0 Å². The molecular formula is C23H30N4O3S. The molecule has 166 valence electrons. The van der Waals surface area contributed by atoms with Gasteiger partial charge < -0.3 is 10.2 Å². The minimum Gasteiger partial charge on any atom is -0.412 e. The number of aryl methyl sites for hydroxylation is 1. The van der Waals surface area contributed by atoms with E-state index in [2.05, 4.69) is 17.2 Å². The highest BCUT2D eigenvalue weighted by Crippen LogP contribution is 2.30. The third-order valence-corrected chi connectivity index (χ3v) is 5.98. The van der Waals surface area contributed by atoms with Crippen molar-refractivity contribution >= 4 is 50.5 Å². The molecule has 0 saturated carbocycles. The summed E-state index contributed by atoms with van der Waals surface area (Å²) in [4.78, 5) is 38.8. The van der Waals surface area contributed by atoms with Crippen LogP contribution in [0, 0.1) is 0 Å². The van der Waals surface area contributed by atoms with Gasteiger partial charge in [0.1, 0.15) is 23.5 Å². The summed E-state index contributed by atoms with van der Waals surface area (Å²) in [5.74, 6) is 1.91. The molecule has 0 fully saturated rings. The number of benzene rings is 1. The van der Waals surface area contributed by atoms with E-state index < -0.39 is 0 Å². The van der Waals surface area contributed by atoms with E-state index in [9.17, 15) is 9.59 Å². The zero-order chi connectivity index (χ0) is 22.2. The Morgan fingerprint density at radius 2 is 1.94 bits per heavy atom. The Morgan fingerprint density at radius 1 is 1.13 bits per heavy atom. The van der Waals surface area contributed by atoms with Crippen LogP contribution in [0.3, 0.4) is 0 Å². The second-order valence-corrected chi connectivity index (χ2v) is 8.55. The molecule has 0 aliphatic heterocycles. The fraction of sp³-hybridized carbons (Fsp3) is 0.478. The number of carbonyl (C=O) groups is 2. The molecule has 0 spiro atoms. The topological polar surface area (TPSA) is 86.1 Å². The molecule has 1 N–H and O–H groups in total. The highest BCUT2D eigenvalue weighted by atomic mass is 32.2. The van der Waals surface area contributed by atoms with Crippen LogP contribution in [-0.2, 0) is 16.0 Å². The van der Waals surface area contributed by atoms with Crippen molar-refractivity contribution in [3.05, 3.63) is 30.1 Å². The maximum absolute atomic E-state index is 11.8. The summed E-state index contributed by atoms with van der Waals surface area (Å²) in [6.45, 7) is 6.02. The van der Waals surface area contributed by atoms with E-state index in [-0.39, 0.29) is 11.0 Å². The molecule has 2 aromatic heterocycles. The van der Waals surface area contributed by atoms with Crippen molar-refractivity contribution in [3.63, 3.8) is 0 Å². The molecule has 3 aromatic rings. The Labute approximate surface area is 186 Å². The van der Waals surface area contributed by atoms with Crippen LogP contribution in [-0.4, -0.2) is 38.1 Å². The van der Waals surface area contributed by atoms with Crippen molar-refractivity contribution in [2.24, 2.45) is 0 Å². The van der Waals surface area contributed by atoms with Crippen LogP contribution in [0.15, 0.2) is 24.3 Å². The average molecular weight is 443 g/mol. The van der Waals surface area contributed by atoms with Gasteiger partial charge in [0.2, 0.25) is 5.91 Å². The molecule has 1 aromatic carbocycles. The van der Waals surface area contributed by atoms with Gasteiger partial charge in [-0.05, 0) is 25.3 Å². The predicted octanol–water partition coefficient (Wildman–Crippen LogP) is 4.76. The summed E-state index contributed by atoms with van der Waals surface area (Å²) < 4.78 is 1.82. The first-order valence-corrected chi connectivity index (χ1v) is 11.9. The number of para-hydroxylation sites is 1. The minimum atomic E-state index is -0.186. The molecule has 0 radical (unpaired) electrons.